The van der Waals surface area contributed by atoms with Crippen molar-refractivity contribution in [3.05, 3.63) is 0 Å². The van der Waals surface area contributed by atoms with E-state index in [1.807, 2.05) is 21.8 Å². The first-order valence-electron chi connectivity index (χ1n) is 5.32. The summed E-state index contributed by atoms with van der Waals surface area (Å²) in [4.78, 5) is 0. The van der Waals surface area contributed by atoms with Gasteiger partial charge in [0.1, 0.15) is 0 Å². The Kier molecular flexibility index (Phi) is 6.33. The predicted molar refractivity (Wildman–Crippen MR) is 65.0 cm³/mol. The second kappa shape index (κ2) is 7.02. The van der Waals surface area contributed by atoms with Gasteiger partial charge in [-0.2, -0.15) is 0 Å². The van der Waals surface area contributed by atoms with Crippen LogP contribution in [0.15, 0.2) is 0 Å². The Morgan fingerprint density at radius 1 is 1.08 bits per heavy atom. The highest BCUT2D eigenvalue weighted by atomic mass is 33.1. The van der Waals surface area contributed by atoms with E-state index in [4.69, 9.17) is 0 Å². The Morgan fingerprint density at radius 3 is 2.54 bits per heavy atom. The van der Waals surface area contributed by atoms with Crippen LogP contribution in [0, 0.1) is 0 Å². The van der Waals surface area contributed by atoms with Crippen molar-refractivity contribution in [3.63, 3.8) is 0 Å². The van der Waals surface area contributed by atoms with Crippen molar-refractivity contribution in [2.24, 2.45) is 0 Å². The Balaban J connectivity index is 2.35. The lowest BCUT2D eigenvalue weighted by Gasteiger charge is -2.25. The zero-order valence-corrected chi connectivity index (χ0v) is 10.4. The molecule has 0 aromatic rings. The maximum Gasteiger partial charge on any atom is 0.0182 e. The summed E-state index contributed by atoms with van der Waals surface area (Å²) in [5.41, 5.74) is 0. The van der Waals surface area contributed by atoms with Gasteiger partial charge >= 0.3 is 0 Å². The molecule has 78 valence electrons. The second-order valence-corrected chi connectivity index (χ2v) is 6.19. The van der Waals surface area contributed by atoms with E-state index in [0.717, 1.165) is 6.04 Å². The minimum atomic E-state index is 0.774. The normalized spacial score (nSPS) is 27.7. The number of hydrogen-bond acceptors (Lipinski definition) is 3. The molecule has 0 bridgehead atoms. The van der Waals surface area contributed by atoms with Gasteiger partial charge in [-0.15, -0.1) is 0 Å². The highest BCUT2D eigenvalue weighted by Gasteiger charge is 2.14. The van der Waals surface area contributed by atoms with E-state index < -0.39 is 0 Å². The Morgan fingerprint density at radius 2 is 1.77 bits per heavy atom. The molecule has 1 heterocycles. The van der Waals surface area contributed by atoms with E-state index in [9.17, 15) is 0 Å². The van der Waals surface area contributed by atoms with Crippen molar-refractivity contribution < 1.29 is 0 Å². The largest absolute Gasteiger partial charge is 0.238 e. The van der Waals surface area contributed by atoms with Crippen LogP contribution >= 0.6 is 21.8 Å². The van der Waals surface area contributed by atoms with Gasteiger partial charge in [0.2, 0.25) is 0 Å². The third kappa shape index (κ3) is 4.61. The molecule has 0 saturated carbocycles. The molecule has 0 radical (unpaired) electrons. The quantitative estimate of drug-likeness (QED) is 0.511. The standard InChI is InChI=1S/C10H21NS2/c1-10-8-6-4-3-5-7-9-11(10)13-12-2/h10H,3-9H2,1-2H3. The van der Waals surface area contributed by atoms with Crippen LogP contribution in [-0.2, 0) is 0 Å². The van der Waals surface area contributed by atoms with Crippen LogP contribution in [0.25, 0.3) is 0 Å². The molecule has 0 spiro atoms. The van der Waals surface area contributed by atoms with Crippen LogP contribution in [0.2, 0.25) is 0 Å². The van der Waals surface area contributed by atoms with Crippen LogP contribution in [-0.4, -0.2) is 23.1 Å². The lowest BCUT2D eigenvalue weighted by Crippen LogP contribution is -2.26. The minimum Gasteiger partial charge on any atom is -0.238 e. The summed E-state index contributed by atoms with van der Waals surface area (Å²) < 4.78 is 2.57. The highest BCUT2D eigenvalue weighted by molar-refractivity contribution is 8.75. The fourth-order valence-corrected chi connectivity index (χ4v) is 3.69. The molecule has 1 unspecified atom stereocenters. The van der Waals surface area contributed by atoms with E-state index in [2.05, 4.69) is 17.5 Å². The van der Waals surface area contributed by atoms with Crippen molar-refractivity contribution in [1.29, 1.82) is 0 Å². The maximum atomic E-state index is 2.57. The number of rotatable bonds is 2. The molecular formula is C10H21NS2. The number of hydrogen-bond donors (Lipinski definition) is 0. The molecule has 1 fully saturated rings. The summed E-state index contributed by atoms with van der Waals surface area (Å²) in [5, 5.41) is 0. The smallest absolute Gasteiger partial charge is 0.0182 e. The van der Waals surface area contributed by atoms with Gasteiger partial charge in [0, 0.05) is 12.6 Å². The molecule has 0 aromatic heterocycles. The summed E-state index contributed by atoms with van der Waals surface area (Å²) >= 11 is 0. The highest BCUT2D eigenvalue weighted by Crippen LogP contribution is 2.28. The van der Waals surface area contributed by atoms with E-state index >= 15 is 0 Å². The summed E-state index contributed by atoms with van der Waals surface area (Å²) in [7, 11) is 3.82. The van der Waals surface area contributed by atoms with Crippen LogP contribution in [0.4, 0.5) is 0 Å². The second-order valence-electron chi connectivity index (χ2n) is 3.79. The maximum absolute atomic E-state index is 2.57. The molecule has 1 nitrogen and oxygen atoms in total. The van der Waals surface area contributed by atoms with Crippen LogP contribution in [0.5, 0.6) is 0 Å². The van der Waals surface area contributed by atoms with Crippen molar-refractivity contribution in [1.82, 2.24) is 4.31 Å². The van der Waals surface area contributed by atoms with E-state index in [0.29, 0.717) is 0 Å². The first kappa shape index (κ1) is 11.7. The van der Waals surface area contributed by atoms with Gasteiger partial charge in [-0.3, -0.25) is 0 Å². The summed E-state index contributed by atoms with van der Waals surface area (Å²) in [6.45, 7) is 3.65. The van der Waals surface area contributed by atoms with Gasteiger partial charge in [0.05, 0.1) is 0 Å². The first-order chi connectivity index (χ1) is 6.34. The topological polar surface area (TPSA) is 3.24 Å². The van der Waals surface area contributed by atoms with Gasteiger partial charge in [0.25, 0.3) is 0 Å². The van der Waals surface area contributed by atoms with Gasteiger partial charge in [0.15, 0.2) is 0 Å². The molecule has 0 amide bonds. The van der Waals surface area contributed by atoms with E-state index in [1.165, 1.54) is 45.1 Å². The number of nitrogens with zero attached hydrogens (tertiary/aromatic N) is 1. The van der Waals surface area contributed by atoms with Crippen molar-refractivity contribution in [3.8, 4) is 0 Å². The van der Waals surface area contributed by atoms with E-state index in [-0.39, 0.29) is 0 Å². The Hall–Kier alpha value is 0.660. The molecule has 1 saturated heterocycles. The fraction of sp³-hybridized carbons (Fsp3) is 1.00. The Bertz CT molecular complexity index is 130. The van der Waals surface area contributed by atoms with Gasteiger partial charge < -0.3 is 0 Å². The molecule has 1 aliphatic heterocycles. The van der Waals surface area contributed by atoms with Gasteiger partial charge in [-0.25, -0.2) is 4.31 Å². The zero-order chi connectivity index (χ0) is 9.52. The lowest BCUT2D eigenvalue weighted by atomic mass is 10.1. The summed E-state index contributed by atoms with van der Waals surface area (Å²) in [6.07, 6.45) is 10.7. The summed E-state index contributed by atoms with van der Waals surface area (Å²) in [5.74, 6) is 0. The van der Waals surface area contributed by atoms with Gasteiger partial charge in [-0.1, -0.05) is 36.5 Å². The zero-order valence-electron chi connectivity index (χ0n) is 8.79. The SMILES string of the molecule is CSSN1CCCCCCCC1C. The van der Waals surface area contributed by atoms with Crippen LogP contribution in [0.1, 0.15) is 45.4 Å². The van der Waals surface area contributed by atoms with Gasteiger partial charge in [-0.05, 0) is 37.0 Å². The molecule has 1 rings (SSSR count). The molecule has 1 aliphatic rings. The molecule has 0 aromatic carbocycles. The third-order valence-electron chi connectivity index (χ3n) is 2.66. The fourth-order valence-electron chi connectivity index (χ4n) is 1.81. The average molecular weight is 219 g/mol. The van der Waals surface area contributed by atoms with E-state index in [1.54, 1.807) is 0 Å². The third-order valence-corrected chi connectivity index (χ3v) is 4.57. The lowest BCUT2D eigenvalue weighted by molar-refractivity contribution is 0.356. The predicted octanol–water partition coefficient (Wildman–Crippen LogP) is 3.96. The average Bonchev–Trinajstić information content (AvgIpc) is 2.21. The molecular weight excluding hydrogens is 198 g/mol. The van der Waals surface area contributed by atoms with Crippen LogP contribution < -0.4 is 0 Å². The molecule has 0 aliphatic carbocycles. The van der Waals surface area contributed by atoms with Crippen molar-refractivity contribution >= 4 is 21.8 Å². The van der Waals surface area contributed by atoms with Crippen molar-refractivity contribution in [2.45, 2.75) is 51.5 Å². The first-order valence-corrected chi connectivity index (χ1v) is 7.83. The molecule has 13 heavy (non-hydrogen) atoms. The minimum absolute atomic E-state index is 0.774. The molecule has 0 N–H and O–H groups in total. The summed E-state index contributed by atoms with van der Waals surface area (Å²) in [6, 6.07) is 0.774. The van der Waals surface area contributed by atoms with Crippen LogP contribution in [0.3, 0.4) is 0 Å². The molecule has 3 heteroatoms. The molecule has 1 atom stereocenters. The van der Waals surface area contributed by atoms with Crippen molar-refractivity contribution in [2.75, 3.05) is 12.8 Å². The monoisotopic (exact) mass is 219 g/mol. The Labute approximate surface area is 90.6 Å².